The van der Waals surface area contributed by atoms with Crippen LogP contribution in [0.4, 0.5) is 0 Å². The highest BCUT2D eigenvalue weighted by Gasteiger charge is 2.32. The van der Waals surface area contributed by atoms with Gasteiger partial charge >= 0.3 is 0 Å². The number of carbonyl (C=O) groups is 2. The van der Waals surface area contributed by atoms with Gasteiger partial charge < -0.3 is 10.2 Å². The van der Waals surface area contributed by atoms with Crippen LogP contribution >= 0.6 is 11.6 Å². The number of benzene rings is 3. The van der Waals surface area contributed by atoms with E-state index in [1.807, 2.05) is 72.8 Å². The van der Waals surface area contributed by atoms with Crippen molar-refractivity contribution in [1.82, 2.24) is 25.2 Å². The molecule has 4 aromatic rings. The van der Waals surface area contributed by atoms with Crippen LogP contribution in [0.25, 0.3) is 11.0 Å². The van der Waals surface area contributed by atoms with Gasteiger partial charge in [-0.1, -0.05) is 91.3 Å². The van der Waals surface area contributed by atoms with E-state index >= 15 is 0 Å². The number of carbonyl (C=O) groups excluding carboxylic acids is 2. The molecule has 0 saturated carbocycles. The normalized spacial score (nSPS) is 12.0. The summed E-state index contributed by atoms with van der Waals surface area (Å²) in [4.78, 5) is 29.1. The number of amides is 2. The highest BCUT2D eigenvalue weighted by molar-refractivity contribution is 6.31. The van der Waals surface area contributed by atoms with Gasteiger partial charge in [0.15, 0.2) is 0 Å². The average Bonchev–Trinajstić information content (AvgIpc) is 3.28. The Kier molecular flexibility index (Phi) is 8.33. The summed E-state index contributed by atoms with van der Waals surface area (Å²) in [7, 11) is 0. The molecule has 2 amide bonds. The largest absolute Gasteiger partial charge is 0.354 e. The Hall–Kier alpha value is -3.71. The summed E-state index contributed by atoms with van der Waals surface area (Å²) in [6, 6.07) is 23.3. The van der Waals surface area contributed by atoms with Gasteiger partial charge in [0.2, 0.25) is 11.8 Å². The molecule has 0 aliphatic heterocycles. The van der Waals surface area contributed by atoms with Crippen molar-refractivity contribution in [3.8, 4) is 0 Å². The van der Waals surface area contributed by atoms with E-state index < -0.39 is 6.04 Å². The second-order valence-electron chi connectivity index (χ2n) is 9.14. The van der Waals surface area contributed by atoms with Gasteiger partial charge in [0.05, 0.1) is 5.52 Å². The number of hydrogen-bond acceptors (Lipinski definition) is 4. The molecule has 0 bridgehead atoms. The maximum absolute atomic E-state index is 13.9. The molecular formula is C28H30ClN5O2. The van der Waals surface area contributed by atoms with Crippen molar-refractivity contribution < 1.29 is 9.59 Å². The number of nitrogens with one attached hydrogen (secondary N) is 1. The summed E-state index contributed by atoms with van der Waals surface area (Å²) in [6.45, 7) is 4.85. The lowest BCUT2D eigenvalue weighted by atomic mass is 10.0. The molecule has 1 aromatic heterocycles. The Morgan fingerprint density at radius 1 is 0.972 bits per heavy atom. The van der Waals surface area contributed by atoms with Gasteiger partial charge in [0.1, 0.15) is 18.1 Å². The Balaban J connectivity index is 1.71. The van der Waals surface area contributed by atoms with E-state index in [4.69, 9.17) is 11.6 Å². The quantitative estimate of drug-likeness (QED) is 0.329. The second kappa shape index (κ2) is 11.8. The van der Waals surface area contributed by atoms with E-state index in [-0.39, 0.29) is 24.9 Å². The molecule has 1 unspecified atom stereocenters. The summed E-state index contributed by atoms with van der Waals surface area (Å²) in [5.74, 6) is -0.0499. The first-order valence-electron chi connectivity index (χ1n) is 12.1. The zero-order chi connectivity index (χ0) is 25.5. The maximum Gasteiger partial charge on any atom is 0.247 e. The van der Waals surface area contributed by atoms with E-state index in [0.29, 0.717) is 23.0 Å². The molecule has 0 radical (unpaired) electrons. The molecule has 36 heavy (non-hydrogen) atoms. The molecule has 7 nitrogen and oxygen atoms in total. The fraction of sp³-hybridized carbons (Fsp3) is 0.286. The van der Waals surface area contributed by atoms with Crippen LogP contribution in [-0.4, -0.2) is 38.3 Å². The van der Waals surface area contributed by atoms with Crippen molar-refractivity contribution in [3.63, 3.8) is 0 Å². The first-order chi connectivity index (χ1) is 17.4. The number of para-hydroxylation sites is 1. The first kappa shape index (κ1) is 25.4. The fourth-order valence-corrected chi connectivity index (χ4v) is 4.27. The van der Waals surface area contributed by atoms with Crippen molar-refractivity contribution >= 4 is 34.4 Å². The van der Waals surface area contributed by atoms with Crippen LogP contribution in [0.1, 0.15) is 37.4 Å². The third kappa shape index (κ3) is 6.10. The highest BCUT2D eigenvalue weighted by atomic mass is 35.5. The molecule has 0 spiro atoms. The lowest BCUT2D eigenvalue weighted by Crippen LogP contribution is -2.45. The number of rotatable bonds is 10. The molecule has 0 saturated heterocycles. The minimum atomic E-state index is -0.836. The van der Waals surface area contributed by atoms with Crippen molar-refractivity contribution in [2.45, 2.75) is 39.4 Å². The number of hydrogen-bond donors (Lipinski definition) is 1. The molecule has 4 rings (SSSR count). The third-order valence-corrected chi connectivity index (χ3v) is 6.39. The van der Waals surface area contributed by atoms with Crippen LogP contribution in [0.5, 0.6) is 0 Å². The zero-order valence-corrected chi connectivity index (χ0v) is 21.2. The zero-order valence-electron chi connectivity index (χ0n) is 20.5. The monoisotopic (exact) mass is 503 g/mol. The van der Waals surface area contributed by atoms with Gasteiger partial charge in [-0.25, -0.2) is 4.68 Å². The average molecular weight is 504 g/mol. The van der Waals surface area contributed by atoms with Crippen LogP contribution < -0.4 is 5.32 Å². The molecule has 1 heterocycles. The SMILES string of the molecule is CC(C)CCNC(=O)C(c1ccccc1)N(Cc1ccccc1Cl)C(=O)Cn1nnc2ccccc21. The number of nitrogens with zero attached hydrogens (tertiary/aromatic N) is 4. The van der Waals surface area contributed by atoms with Crippen molar-refractivity contribution in [2.24, 2.45) is 5.92 Å². The van der Waals surface area contributed by atoms with E-state index in [0.717, 1.165) is 23.1 Å². The molecule has 0 fully saturated rings. The predicted molar refractivity (Wildman–Crippen MR) is 141 cm³/mol. The Labute approximate surface area is 216 Å². The maximum atomic E-state index is 13.9. The lowest BCUT2D eigenvalue weighted by molar-refractivity contribution is -0.142. The molecule has 1 atom stereocenters. The molecule has 3 aromatic carbocycles. The van der Waals surface area contributed by atoms with Crippen LogP contribution in [0.15, 0.2) is 78.9 Å². The Bertz CT molecular complexity index is 1320. The van der Waals surface area contributed by atoms with Crippen LogP contribution in [0, 0.1) is 5.92 Å². The molecule has 1 N–H and O–H groups in total. The van der Waals surface area contributed by atoms with Crippen molar-refractivity contribution in [1.29, 1.82) is 0 Å². The summed E-state index contributed by atoms with van der Waals surface area (Å²) in [6.07, 6.45) is 0.844. The van der Waals surface area contributed by atoms with Gasteiger partial charge in [0.25, 0.3) is 0 Å². The molecule has 186 valence electrons. The minimum absolute atomic E-state index is 0.0619. The third-order valence-electron chi connectivity index (χ3n) is 6.02. The molecule has 0 aliphatic rings. The molecule has 8 heteroatoms. The fourth-order valence-electron chi connectivity index (χ4n) is 4.08. The summed E-state index contributed by atoms with van der Waals surface area (Å²) >= 11 is 6.48. The van der Waals surface area contributed by atoms with Crippen LogP contribution in [0.3, 0.4) is 0 Å². The van der Waals surface area contributed by atoms with Crippen molar-refractivity contribution in [3.05, 3.63) is 95.0 Å². The number of fused-ring (bicyclic) bond motifs is 1. The van der Waals surface area contributed by atoms with Gasteiger partial charge in [-0.2, -0.15) is 0 Å². The van der Waals surface area contributed by atoms with Gasteiger partial charge in [-0.15, -0.1) is 5.10 Å². The molecule has 0 aliphatic carbocycles. The molecular weight excluding hydrogens is 474 g/mol. The Morgan fingerprint density at radius 3 is 2.42 bits per heavy atom. The van der Waals surface area contributed by atoms with E-state index in [1.165, 1.54) is 0 Å². The standard InChI is InChI=1S/C28H30ClN5O2/c1-20(2)16-17-30-28(36)27(21-10-4-3-5-11-21)33(18-22-12-6-7-13-23(22)29)26(35)19-34-25-15-9-8-14-24(25)31-32-34/h3-15,20,27H,16-19H2,1-2H3,(H,30,36). The van der Waals surface area contributed by atoms with Gasteiger partial charge in [-0.05, 0) is 41.7 Å². The van der Waals surface area contributed by atoms with E-state index in [9.17, 15) is 9.59 Å². The van der Waals surface area contributed by atoms with E-state index in [2.05, 4.69) is 29.5 Å². The number of aromatic nitrogens is 3. The van der Waals surface area contributed by atoms with Crippen LogP contribution in [-0.2, 0) is 22.7 Å². The summed E-state index contributed by atoms with van der Waals surface area (Å²) < 4.78 is 1.57. The Morgan fingerprint density at radius 2 is 1.67 bits per heavy atom. The highest BCUT2D eigenvalue weighted by Crippen LogP contribution is 2.27. The lowest BCUT2D eigenvalue weighted by Gasteiger charge is -2.32. The minimum Gasteiger partial charge on any atom is -0.354 e. The second-order valence-corrected chi connectivity index (χ2v) is 9.54. The topological polar surface area (TPSA) is 80.1 Å². The summed E-state index contributed by atoms with van der Waals surface area (Å²) in [5, 5.41) is 11.9. The van der Waals surface area contributed by atoms with E-state index in [1.54, 1.807) is 15.6 Å². The summed E-state index contributed by atoms with van der Waals surface area (Å²) in [5.41, 5.74) is 2.94. The van der Waals surface area contributed by atoms with Gasteiger partial charge in [0, 0.05) is 18.1 Å². The number of halogens is 1. The predicted octanol–water partition coefficient (Wildman–Crippen LogP) is 5.02. The first-order valence-corrected chi connectivity index (χ1v) is 12.5. The van der Waals surface area contributed by atoms with Crippen molar-refractivity contribution in [2.75, 3.05) is 6.54 Å². The smallest absolute Gasteiger partial charge is 0.247 e. The van der Waals surface area contributed by atoms with Gasteiger partial charge in [-0.3, -0.25) is 9.59 Å². The van der Waals surface area contributed by atoms with Crippen LogP contribution in [0.2, 0.25) is 5.02 Å².